The minimum absolute atomic E-state index is 0.197. The van der Waals surface area contributed by atoms with Crippen LogP contribution in [-0.4, -0.2) is 23.4 Å². The van der Waals surface area contributed by atoms with E-state index in [9.17, 15) is 9.59 Å². The number of furan rings is 1. The highest BCUT2D eigenvalue weighted by Crippen LogP contribution is 2.37. The minimum Gasteiger partial charge on any atom is -0.492 e. The number of carbonyl (C=O) groups is 2. The first-order valence-corrected chi connectivity index (χ1v) is 12.2. The predicted molar refractivity (Wildman–Crippen MR) is 136 cm³/mol. The second kappa shape index (κ2) is 11.0. The van der Waals surface area contributed by atoms with Gasteiger partial charge in [-0.25, -0.2) is 4.98 Å². The molecule has 0 aliphatic carbocycles. The van der Waals surface area contributed by atoms with E-state index in [2.05, 4.69) is 10.3 Å². The number of hydrogen-bond donors (Lipinski definition) is 1. The number of ether oxygens (including phenoxy) is 1. The number of anilines is 1. The Labute approximate surface area is 208 Å². The summed E-state index contributed by atoms with van der Waals surface area (Å²) in [5.41, 5.74) is 1.80. The molecule has 2 aromatic heterocycles. The van der Waals surface area contributed by atoms with Crippen LogP contribution < -0.4 is 15.0 Å². The summed E-state index contributed by atoms with van der Waals surface area (Å²) in [5, 5.41) is 3.71. The quantitative estimate of drug-likeness (QED) is 0.338. The van der Waals surface area contributed by atoms with Gasteiger partial charge in [0.05, 0.1) is 35.8 Å². The van der Waals surface area contributed by atoms with Gasteiger partial charge in [-0.2, -0.15) is 0 Å². The van der Waals surface area contributed by atoms with E-state index in [0.29, 0.717) is 39.9 Å². The first kappa shape index (κ1) is 24.2. The van der Waals surface area contributed by atoms with Gasteiger partial charge in [-0.3, -0.25) is 14.5 Å². The van der Waals surface area contributed by atoms with Gasteiger partial charge in [0.15, 0.2) is 0 Å². The molecule has 0 aliphatic heterocycles. The van der Waals surface area contributed by atoms with Gasteiger partial charge in [0.25, 0.3) is 5.91 Å². The fraction of sp³-hybridized carbons (Fsp3) is 0.222. The van der Waals surface area contributed by atoms with E-state index < -0.39 is 6.04 Å². The number of thiazole rings is 1. The van der Waals surface area contributed by atoms with Gasteiger partial charge in [0.2, 0.25) is 5.91 Å². The van der Waals surface area contributed by atoms with Crippen molar-refractivity contribution in [1.29, 1.82) is 0 Å². The number of hydrogen-bond acceptors (Lipinski definition) is 6. The lowest BCUT2D eigenvalue weighted by Crippen LogP contribution is -2.44. The maximum absolute atomic E-state index is 14.1. The van der Waals surface area contributed by atoms with E-state index in [-0.39, 0.29) is 18.4 Å². The zero-order valence-corrected chi connectivity index (χ0v) is 20.7. The summed E-state index contributed by atoms with van der Waals surface area (Å²) in [4.78, 5) is 34.3. The van der Waals surface area contributed by atoms with Crippen LogP contribution in [0.5, 0.6) is 5.75 Å². The SMILES string of the molecule is CCOc1ccccc1N(C(=O)c1sc(C)nc1C)[C@H](C(=O)NCc1ccco1)c1ccccc1. The van der Waals surface area contributed by atoms with E-state index in [4.69, 9.17) is 9.15 Å². The second-order valence-electron chi connectivity index (χ2n) is 7.83. The molecule has 0 fully saturated rings. The van der Waals surface area contributed by atoms with Crippen molar-refractivity contribution in [3.8, 4) is 5.75 Å². The Balaban J connectivity index is 1.84. The number of aryl methyl sites for hydroxylation is 2. The Morgan fingerprint density at radius 3 is 2.46 bits per heavy atom. The van der Waals surface area contributed by atoms with E-state index >= 15 is 0 Å². The van der Waals surface area contributed by atoms with Gasteiger partial charge in [0, 0.05) is 0 Å². The van der Waals surface area contributed by atoms with Crippen LogP contribution in [0, 0.1) is 13.8 Å². The van der Waals surface area contributed by atoms with Gasteiger partial charge in [-0.1, -0.05) is 42.5 Å². The molecule has 0 spiro atoms. The molecule has 1 N–H and O–H groups in total. The molecular formula is C27H27N3O4S. The molecule has 8 heteroatoms. The fourth-order valence-corrected chi connectivity index (χ4v) is 4.73. The lowest BCUT2D eigenvalue weighted by Gasteiger charge is -2.32. The zero-order valence-electron chi connectivity index (χ0n) is 19.9. The summed E-state index contributed by atoms with van der Waals surface area (Å²) in [6.07, 6.45) is 1.55. The van der Waals surface area contributed by atoms with Crippen LogP contribution in [-0.2, 0) is 11.3 Å². The van der Waals surface area contributed by atoms with Gasteiger partial charge in [-0.15, -0.1) is 11.3 Å². The predicted octanol–water partition coefficient (Wildman–Crippen LogP) is 5.46. The second-order valence-corrected chi connectivity index (χ2v) is 9.04. The summed E-state index contributed by atoms with van der Waals surface area (Å²) >= 11 is 1.31. The monoisotopic (exact) mass is 489 g/mol. The van der Waals surface area contributed by atoms with Crippen LogP contribution in [0.1, 0.15) is 44.7 Å². The third-order valence-corrected chi connectivity index (χ3v) is 6.44. The van der Waals surface area contributed by atoms with Crippen LogP contribution >= 0.6 is 11.3 Å². The van der Waals surface area contributed by atoms with Crippen molar-refractivity contribution in [2.24, 2.45) is 0 Å². The molecule has 35 heavy (non-hydrogen) atoms. The first-order valence-electron chi connectivity index (χ1n) is 11.3. The third-order valence-electron chi connectivity index (χ3n) is 5.38. The smallest absolute Gasteiger partial charge is 0.271 e. The van der Waals surface area contributed by atoms with Crippen molar-refractivity contribution in [2.75, 3.05) is 11.5 Å². The molecule has 4 aromatic rings. The molecule has 0 saturated heterocycles. The van der Waals surface area contributed by atoms with E-state index in [1.54, 1.807) is 37.5 Å². The van der Waals surface area contributed by atoms with Gasteiger partial charge >= 0.3 is 0 Å². The molecule has 0 saturated carbocycles. The molecule has 0 bridgehead atoms. The molecule has 2 aromatic carbocycles. The maximum Gasteiger partial charge on any atom is 0.271 e. The number of nitrogens with one attached hydrogen (secondary N) is 1. The summed E-state index contributed by atoms with van der Waals surface area (Å²) in [6, 6.07) is 19.1. The number of nitrogens with zero attached hydrogens (tertiary/aromatic N) is 2. The number of aromatic nitrogens is 1. The molecule has 2 amide bonds. The van der Waals surface area contributed by atoms with Crippen LogP contribution in [0.3, 0.4) is 0 Å². The topological polar surface area (TPSA) is 84.7 Å². The van der Waals surface area contributed by atoms with Crippen LogP contribution in [0.25, 0.3) is 0 Å². The average molecular weight is 490 g/mol. The average Bonchev–Trinajstić information content (AvgIpc) is 3.51. The van der Waals surface area contributed by atoms with Crippen molar-refractivity contribution in [1.82, 2.24) is 10.3 Å². The number of benzene rings is 2. The maximum atomic E-state index is 14.1. The minimum atomic E-state index is -0.956. The highest BCUT2D eigenvalue weighted by Gasteiger charge is 2.36. The van der Waals surface area contributed by atoms with E-state index in [0.717, 1.165) is 5.01 Å². The van der Waals surface area contributed by atoms with Crippen molar-refractivity contribution >= 4 is 28.8 Å². The zero-order chi connectivity index (χ0) is 24.8. The highest BCUT2D eigenvalue weighted by molar-refractivity contribution is 7.13. The normalized spacial score (nSPS) is 11.6. The Kier molecular flexibility index (Phi) is 7.62. The number of carbonyl (C=O) groups excluding carboxylic acids is 2. The Morgan fingerprint density at radius 2 is 1.80 bits per heavy atom. The Morgan fingerprint density at radius 1 is 1.06 bits per heavy atom. The van der Waals surface area contributed by atoms with Crippen molar-refractivity contribution in [3.05, 3.63) is 99.9 Å². The third kappa shape index (κ3) is 5.44. The largest absolute Gasteiger partial charge is 0.492 e. The lowest BCUT2D eigenvalue weighted by atomic mass is 10.0. The molecule has 0 unspecified atom stereocenters. The standard InChI is InChI=1S/C27H27N3O4S/c1-4-33-23-15-9-8-14-22(23)30(27(32)25-18(2)29-19(3)35-25)24(20-11-6-5-7-12-20)26(31)28-17-21-13-10-16-34-21/h5-16,24H,4,17H2,1-3H3,(H,28,31)/t24-/m0/s1. The number of amides is 2. The molecule has 180 valence electrons. The molecule has 0 aliphatic rings. The van der Waals surface area contributed by atoms with Crippen LogP contribution in [0.15, 0.2) is 77.4 Å². The number of rotatable bonds is 9. The molecule has 2 heterocycles. The number of para-hydroxylation sites is 2. The van der Waals surface area contributed by atoms with Crippen LogP contribution in [0.4, 0.5) is 5.69 Å². The molecule has 7 nitrogen and oxygen atoms in total. The Bertz CT molecular complexity index is 1290. The molecule has 4 rings (SSSR count). The summed E-state index contributed by atoms with van der Waals surface area (Å²) in [6.45, 7) is 6.15. The summed E-state index contributed by atoms with van der Waals surface area (Å²) < 4.78 is 11.3. The molecule has 0 radical (unpaired) electrons. The molecule has 1 atom stereocenters. The summed E-state index contributed by atoms with van der Waals surface area (Å²) in [5.74, 6) is 0.474. The fourth-order valence-electron chi connectivity index (χ4n) is 3.88. The van der Waals surface area contributed by atoms with Gasteiger partial charge in [0.1, 0.15) is 22.4 Å². The van der Waals surface area contributed by atoms with Crippen LogP contribution in [0.2, 0.25) is 0 Å². The van der Waals surface area contributed by atoms with Gasteiger partial charge in [-0.05, 0) is 50.6 Å². The first-order chi connectivity index (χ1) is 17.0. The van der Waals surface area contributed by atoms with E-state index in [1.165, 1.54) is 16.2 Å². The lowest BCUT2D eigenvalue weighted by molar-refractivity contribution is -0.122. The van der Waals surface area contributed by atoms with Gasteiger partial charge < -0.3 is 14.5 Å². The van der Waals surface area contributed by atoms with Crippen molar-refractivity contribution in [3.63, 3.8) is 0 Å². The Hall–Kier alpha value is -3.91. The van der Waals surface area contributed by atoms with Crippen molar-refractivity contribution < 1.29 is 18.7 Å². The van der Waals surface area contributed by atoms with E-state index in [1.807, 2.05) is 56.3 Å². The highest BCUT2D eigenvalue weighted by atomic mass is 32.1. The van der Waals surface area contributed by atoms with Crippen molar-refractivity contribution in [2.45, 2.75) is 33.4 Å². The molecular weight excluding hydrogens is 462 g/mol. The summed E-state index contributed by atoms with van der Waals surface area (Å²) in [7, 11) is 0.